The van der Waals surface area contributed by atoms with Crippen LogP contribution in [-0.4, -0.2) is 4.57 Å². The van der Waals surface area contributed by atoms with Gasteiger partial charge in [-0.2, -0.15) is 0 Å². The third kappa shape index (κ3) is 5.60. The Balaban J connectivity index is 1.08. The van der Waals surface area contributed by atoms with Gasteiger partial charge in [-0.3, -0.25) is 0 Å². The molecule has 54 heavy (non-hydrogen) atoms. The Bertz CT molecular complexity index is 2840. The molecule has 256 valence electrons. The van der Waals surface area contributed by atoms with Crippen LogP contribution in [0.25, 0.3) is 66.1 Å². The molecule has 2 heteroatoms. The van der Waals surface area contributed by atoms with E-state index < -0.39 is 0 Å². The van der Waals surface area contributed by atoms with Crippen molar-refractivity contribution in [1.29, 1.82) is 0 Å². The van der Waals surface area contributed by atoms with Gasteiger partial charge in [-0.15, -0.1) is 0 Å². The van der Waals surface area contributed by atoms with Gasteiger partial charge in [0.1, 0.15) is 0 Å². The molecule has 2 nitrogen and oxygen atoms in total. The molecular formula is C52H38N2. The lowest BCUT2D eigenvalue weighted by Crippen LogP contribution is -2.10. The first-order chi connectivity index (χ1) is 26.8. The number of allylic oxidation sites excluding steroid dienone is 4. The van der Waals surface area contributed by atoms with Gasteiger partial charge in [0.15, 0.2) is 0 Å². The Morgan fingerprint density at radius 3 is 1.72 bits per heavy atom. The van der Waals surface area contributed by atoms with Crippen LogP contribution in [0.15, 0.2) is 206 Å². The van der Waals surface area contributed by atoms with Crippen LogP contribution >= 0.6 is 0 Å². The molecule has 0 N–H and O–H groups in total. The molecule has 0 atom stereocenters. The number of benzene rings is 8. The second-order valence-electron chi connectivity index (χ2n) is 14.0. The van der Waals surface area contributed by atoms with Crippen LogP contribution in [0, 0.1) is 0 Å². The van der Waals surface area contributed by atoms with Gasteiger partial charge in [-0.1, -0.05) is 158 Å². The maximum Gasteiger partial charge on any atom is 0.0619 e. The second-order valence-corrected chi connectivity index (χ2v) is 14.0. The van der Waals surface area contributed by atoms with Gasteiger partial charge in [0.25, 0.3) is 0 Å². The van der Waals surface area contributed by atoms with Crippen molar-refractivity contribution in [2.24, 2.45) is 0 Å². The summed E-state index contributed by atoms with van der Waals surface area (Å²) < 4.78 is 2.47. The highest BCUT2D eigenvalue weighted by Gasteiger charge is 2.19. The fourth-order valence-electron chi connectivity index (χ4n) is 8.19. The summed E-state index contributed by atoms with van der Waals surface area (Å²) in [5, 5.41) is 5.03. The number of aromatic nitrogens is 1. The van der Waals surface area contributed by atoms with Gasteiger partial charge < -0.3 is 9.47 Å². The van der Waals surface area contributed by atoms with E-state index in [0.29, 0.717) is 0 Å². The summed E-state index contributed by atoms with van der Waals surface area (Å²) in [5.41, 5.74) is 14.3. The van der Waals surface area contributed by atoms with E-state index in [0.717, 1.165) is 29.9 Å². The van der Waals surface area contributed by atoms with Gasteiger partial charge in [-0.25, -0.2) is 0 Å². The SMILES string of the molecule is C1=CC(c2ccc(N(c3ccc(-c4ccccc4)cc3)c3ccc(-c4ccccc4-n4c5ccccc5c5ccc6ccccc6c54)cc3)cc2)=CCC1. The van der Waals surface area contributed by atoms with Gasteiger partial charge in [-0.05, 0) is 94.6 Å². The molecular weight excluding hydrogens is 653 g/mol. The molecule has 0 fully saturated rings. The molecule has 0 saturated carbocycles. The normalized spacial score (nSPS) is 12.7. The lowest BCUT2D eigenvalue weighted by Gasteiger charge is -2.26. The summed E-state index contributed by atoms with van der Waals surface area (Å²) >= 11 is 0. The van der Waals surface area contributed by atoms with E-state index in [1.165, 1.54) is 71.7 Å². The highest BCUT2D eigenvalue weighted by molar-refractivity contribution is 6.18. The van der Waals surface area contributed by atoms with Gasteiger partial charge >= 0.3 is 0 Å². The highest BCUT2D eigenvalue weighted by atomic mass is 15.1. The first-order valence-electron chi connectivity index (χ1n) is 18.8. The van der Waals surface area contributed by atoms with Crippen LogP contribution in [0.5, 0.6) is 0 Å². The largest absolute Gasteiger partial charge is 0.311 e. The van der Waals surface area contributed by atoms with Gasteiger partial charge in [0.2, 0.25) is 0 Å². The summed E-state index contributed by atoms with van der Waals surface area (Å²) in [7, 11) is 0. The maximum absolute atomic E-state index is 2.47. The topological polar surface area (TPSA) is 8.17 Å². The minimum atomic E-state index is 1.09. The van der Waals surface area contributed by atoms with Crippen molar-refractivity contribution in [1.82, 2.24) is 4.57 Å². The van der Waals surface area contributed by atoms with E-state index >= 15 is 0 Å². The Kier molecular flexibility index (Phi) is 8.00. The lowest BCUT2D eigenvalue weighted by atomic mass is 9.99. The molecule has 0 bridgehead atoms. The summed E-state index contributed by atoms with van der Waals surface area (Å²) in [6.45, 7) is 0. The third-order valence-corrected chi connectivity index (χ3v) is 10.8. The minimum Gasteiger partial charge on any atom is -0.311 e. The lowest BCUT2D eigenvalue weighted by molar-refractivity contribution is 1.04. The highest BCUT2D eigenvalue weighted by Crippen LogP contribution is 2.41. The summed E-state index contributed by atoms with van der Waals surface area (Å²) in [6.07, 6.45) is 9.07. The molecule has 0 radical (unpaired) electrons. The van der Waals surface area contributed by atoms with E-state index in [1.807, 2.05) is 0 Å². The van der Waals surface area contributed by atoms with E-state index in [4.69, 9.17) is 0 Å². The van der Waals surface area contributed by atoms with Crippen LogP contribution in [0.3, 0.4) is 0 Å². The van der Waals surface area contributed by atoms with E-state index in [-0.39, 0.29) is 0 Å². The van der Waals surface area contributed by atoms with Gasteiger partial charge in [0.05, 0.1) is 16.7 Å². The number of hydrogen-bond donors (Lipinski definition) is 0. The van der Waals surface area contributed by atoms with Crippen molar-refractivity contribution in [2.45, 2.75) is 12.8 Å². The van der Waals surface area contributed by atoms with E-state index in [9.17, 15) is 0 Å². The third-order valence-electron chi connectivity index (χ3n) is 10.8. The number of nitrogens with zero attached hydrogens (tertiary/aromatic N) is 2. The number of fused-ring (bicyclic) bond motifs is 5. The fourth-order valence-corrected chi connectivity index (χ4v) is 8.19. The number of hydrogen-bond acceptors (Lipinski definition) is 1. The Hall–Kier alpha value is -6.90. The van der Waals surface area contributed by atoms with Crippen molar-refractivity contribution < 1.29 is 0 Å². The second kappa shape index (κ2) is 13.6. The molecule has 0 saturated heterocycles. The number of para-hydroxylation sites is 2. The molecule has 8 aromatic carbocycles. The molecule has 1 aliphatic rings. The zero-order chi connectivity index (χ0) is 35.8. The van der Waals surface area contributed by atoms with E-state index in [2.05, 4.69) is 216 Å². The van der Waals surface area contributed by atoms with Crippen LogP contribution in [0.1, 0.15) is 18.4 Å². The van der Waals surface area contributed by atoms with Crippen molar-refractivity contribution in [2.75, 3.05) is 4.90 Å². The Labute approximate surface area is 316 Å². The molecule has 0 aliphatic heterocycles. The molecule has 10 rings (SSSR count). The van der Waals surface area contributed by atoms with Gasteiger partial charge in [0, 0.05) is 38.8 Å². The maximum atomic E-state index is 2.47. The molecule has 1 aromatic heterocycles. The predicted molar refractivity (Wildman–Crippen MR) is 230 cm³/mol. The minimum absolute atomic E-state index is 1.09. The standard InChI is InChI=1S/C52H38N2/c1-3-13-37(14-4-1)39-23-30-43(31-24-39)53(44-32-25-40(26-33-44)38-15-5-2-6-16-38)45-34-27-42(28-35-45)46-18-9-11-21-50(46)54-51-22-12-10-20-48(51)49-36-29-41-17-7-8-19-47(41)52(49)54/h1,3-5,7-36H,2,6H2. The van der Waals surface area contributed by atoms with Crippen LogP contribution in [0.2, 0.25) is 0 Å². The average molecular weight is 691 g/mol. The molecule has 0 unspecified atom stereocenters. The predicted octanol–water partition coefficient (Wildman–Crippen LogP) is 14.5. The van der Waals surface area contributed by atoms with Crippen molar-refractivity contribution >= 4 is 55.2 Å². The molecule has 1 heterocycles. The fraction of sp³-hybridized carbons (Fsp3) is 0.0385. The first-order valence-corrected chi connectivity index (χ1v) is 18.8. The number of rotatable bonds is 7. The van der Waals surface area contributed by atoms with Crippen molar-refractivity contribution in [3.05, 3.63) is 212 Å². The van der Waals surface area contributed by atoms with E-state index in [1.54, 1.807) is 0 Å². The summed E-state index contributed by atoms with van der Waals surface area (Å²) in [5.74, 6) is 0. The molecule has 0 spiro atoms. The smallest absolute Gasteiger partial charge is 0.0619 e. The quantitative estimate of drug-likeness (QED) is 0.162. The zero-order valence-corrected chi connectivity index (χ0v) is 29.9. The van der Waals surface area contributed by atoms with Crippen LogP contribution in [-0.2, 0) is 0 Å². The number of anilines is 3. The molecule has 1 aliphatic carbocycles. The Morgan fingerprint density at radius 1 is 0.407 bits per heavy atom. The Morgan fingerprint density at radius 2 is 1.00 bits per heavy atom. The molecule has 0 amide bonds. The summed E-state index contributed by atoms with van der Waals surface area (Å²) in [4.78, 5) is 2.36. The average Bonchev–Trinajstić information content (AvgIpc) is 3.60. The first kappa shape index (κ1) is 31.8. The zero-order valence-electron chi connectivity index (χ0n) is 29.9. The monoisotopic (exact) mass is 690 g/mol. The molecule has 9 aromatic rings. The van der Waals surface area contributed by atoms with Crippen LogP contribution < -0.4 is 4.90 Å². The van der Waals surface area contributed by atoms with Crippen molar-refractivity contribution in [3.8, 4) is 27.9 Å². The van der Waals surface area contributed by atoms with Crippen molar-refractivity contribution in [3.63, 3.8) is 0 Å². The van der Waals surface area contributed by atoms with Crippen LogP contribution in [0.4, 0.5) is 17.1 Å². The summed E-state index contributed by atoms with van der Waals surface area (Å²) in [6, 6.07) is 68.4.